The van der Waals surface area contributed by atoms with Crippen LogP contribution in [0, 0.1) is 15.9 Å². The quantitative estimate of drug-likeness (QED) is 0.375. The van der Waals surface area contributed by atoms with Crippen LogP contribution in [-0.4, -0.2) is 10.9 Å². The first-order valence-electron chi connectivity index (χ1n) is 6.69. The average molecular weight is 311 g/mol. The Hall–Kier alpha value is -3.28. The maximum Gasteiger partial charge on any atom is 0.343 e. The minimum absolute atomic E-state index is 0.0616. The van der Waals surface area contributed by atoms with E-state index in [1.165, 1.54) is 54.6 Å². The van der Waals surface area contributed by atoms with Crippen molar-refractivity contribution in [2.45, 2.75) is 0 Å². The number of non-ortho nitro benzene ring substituents is 1. The summed E-state index contributed by atoms with van der Waals surface area (Å²) in [6.07, 6.45) is 3.03. The fraction of sp³-hybridized carbons (Fsp3) is 0. The summed E-state index contributed by atoms with van der Waals surface area (Å²) < 4.78 is 18.1. The molecule has 0 bridgehead atoms. The molecule has 114 valence electrons. The second-order valence-corrected chi connectivity index (χ2v) is 4.86. The maximum absolute atomic E-state index is 12.9. The minimum Gasteiger partial charge on any atom is -0.422 e. The number of esters is 1. The van der Waals surface area contributed by atoms with Crippen molar-refractivity contribution in [1.29, 1.82) is 0 Å². The Morgan fingerprint density at radius 2 is 1.87 bits per heavy atom. The van der Waals surface area contributed by atoms with E-state index in [4.69, 9.17) is 4.74 Å². The molecule has 0 saturated heterocycles. The van der Waals surface area contributed by atoms with Gasteiger partial charge in [-0.25, -0.2) is 9.18 Å². The minimum atomic E-state index is -0.559. The second-order valence-electron chi connectivity index (χ2n) is 4.86. The second kappa shape index (κ2) is 5.84. The predicted octanol–water partition coefficient (Wildman–Crippen LogP) is 3.72. The van der Waals surface area contributed by atoms with Gasteiger partial charge in [-0.1, -0.05) is 12.1 Å². The highest BCUT2D eigenvalue weighted by molar-refractivity contribution is 6.05. The molecular weight excluding hydrogens is 301 g/mol. The van der Waals surface area contributed by atoms with Crippen molar-refractivity contribution in [3.05, 3.63) is 87.2 Å². The number of ether oxygens (including phenoxy) is 1. The fourth-order valence-corrected chi connectivity index (χ4v) is 2.15. The molecule has 3 rings (SSSR count). The van der Waals surface area contributed by atoms with E-state index < -0.39 is 10.9 Å². The maximum atomic E-state index is 12.9. The summed E-state index contributed by atoms with van der Waals surface area (Å²) in [5.74, 6) is -0.631. The van der Waals surface area contributed by atoms with Crippen molar-refractivity contribution in [1.82, 2.24) is 0 Å². The molecule has 0 unspecified atom stereocenters. The highest BCUT2D eigenvalue weighted by atomic mass is 19.1. The molecule has 0 saturated carbocycles. The fourth-order valence-electron chi connectivity index (χ4n) is 2.15. The van der Waals surface area contributed by atoms with Gasteiger partial charge < -0.3 is 4.74 Å². The molecule has 0 aliphatic carbocycles. The number of halogens is 1. The number of carbonyl (C=O) groups excluding carboxylic acids is 1. The van der Waals surface area contributed by atoms with Crippen molar-refractivity contribution in [3.63, 3.8) is 0 Å². The van der Waals surface area contributed by atoms with E-state index >= 15 is 0 Å². The number of rotatable bonds is 3. The van der Waals surface area contributed by atoms with Crippen molar-refractivity contribution >= 4 is 23.5 Å². The first kappa shape index (κ1) is 14.6. The van der Waals surface area contributed by atoms with Crippen LogP contribution in [0.1, 0.15) is 11.1 Å². The lowest BCUT2D eigenvalue weighted by molar-refractivity contribution is -0.384. The number of carbonyl (C=O) groups is 1. The SMILES string of the molecule is O=C1OC(c2ccc(F)cc2)=C/C1=C\c1cccc([N+](=O)[O-])c1. The van der Waals surface area contributed by atoms with E-state index in [-0.39, 0.29) is 17.1 Å². The summed E-state index contributed by atoms with van der Waals surface area (Å²) in [4.78, 5) is 22.2. The predicted molar refractivity (Wildman–Crippen MR) is 81.5 cm³/mol. The highest BCUT2D eigenvalue weighted by Gasteiger charge is 2.22. The lowest BCUT2D eigenvalue weighted by Crippen LogP contribution is -1.97. The Morgan fingerprint density at radius 3 is 2.57 bits per heavy atom. The van der Waals surface area contributed by atoms with Crippen LogP contribution in [0.4, 0.5) is 10.1 Å². The molecular formula is C17H10FNO4. The van der Waals surface area contributed by atoms with E-state index in [9.17, 15) is 19.3 Å². The lowest BCUT2D eigenvalue weighted by atomic mass is 10.1. The zero-order valence-corrected chi connectivity index (χ0v) is 11.7. The molecule has 5 nitrogen and oxygen atoms in total. The summed E-state index contributed by atoms with van der Waals surface area (Å²) in [5, 5.41) is 10.8. The molecule has 0 aromatic heterocycles. The van der Waals surface area contributed by atoms with Crippen molar-refractivity contribution in [2.75, 3.05) is 0 Å². The topological polar surface area (TPSA) is 69.4 Å². The summed E-state index contributed by atoms with van der Waals surface area (Å²) in [6, 6.07) is 11.5. The Balaban J connectivity index is 1.93. The number of nitrogens with zero attached hydrogens (tertiary/aromatic N) is 1. The van der Waals surface area contributed by atoms with Crippen molar-refractivity contribution in [2.24, 2.45) is 0 Å². The summed E-state index contributed by atoms with van der Waals surface area (Å²) in [6.45, 7) is 0. The third-order valence-corrected chi connectivity index (χ3v) is 3.26. The zero-order chi connectivity index (χ0) is 16.4. The average Bonchev–Trinajstić information content (AvgIpc) is 2.89. The van der Waals surface area contributed by atoms with E-state index in [2.05, 4.69) is 0 Å². The van der Waals surface area contributed by atoms with Gasteiger partial charge in [-0.3, -0.25) is 10.1 Å². The van der Waals surface area contributed by atoms with Gasteiger partial charge in [0.15, 0.2) is 0 Å². The largest absolute Gasteiger partial charge is 0.422 e. The molecule has 0 spiro atoms. The van der Waals surface area contributed by atoms with Crippen molar-refractivity contribution < 1.29 is 18.8 Å². The van der Waals surface area contributed by atoms with Crippen LogP contribution in [0.15, 0.2) is 60.2 Å². The van der Waals surface area contributed by atoms with Gasteiger partial charge in [-0.2, -0.15) is 0 Å². The van der Waals surface area contributed by atoms with Gasteiger partial charge in [0.25, 0.3) is 5.69 Å². The molecule has 6 heteroatoms. The third-order valence-electron chi connectivity index (χ3n) is 3.26. The molecule has 0 atom stereocenters. The molecule has 1 aliphatic rings. The van der Waals surface area contributed by atoms with Crippen LogP contribution in [0.3, 0.4) is 0 Å². The van der Waals surface area contributed by atoms with Gasteiger partial charge in [-0.15, -0.1) is 0 Å². The molecule has 0 fully saturated rings. The molecule has 0 N–H and O–H groups in total. The first-order chi connectivity index (χ1) is 11.0. The molecule has 1 heterocycles. The van der Waals surface area contributed by atoms with E-state index in [1.54, 1.807) is 6.07 Å². The van der Waals surface area contributed by atoms with E-state index in [1.807, 2.05) is 0 Å². The molecule has 0 amide bonds. The molecule has 1 aliphatic heterocycles. The Labute approximate surface area is 130 Å². The van der Waals surface area contributed by atoms with Crippen LogP contribution >= 0.6 is 0 Å². The number of benzene rings is 2. The molecule has 0 radical (unpaired) electrons. The normalized spacial score (nSPS) is 15.4. The standard InChI is InChI=1S/C17H10FNO4/c18-14-6-4-12(5-7-14)16-10-13(17(20)23-16)8-11-2-1-3-15(9-11)19(21)22/h1-10H/b13-8+. The van der Waals surface area contributed by atoms with E-state index in [0.717, 1.165) is 0 Å². The van der Waals surface area contributed by atoms with Gasteiger partial charge >= 0.3 is 5.97 Å². The van der Waals surface area contributed by atoms with Gasteiger partial charge in [0.05, 0.1) is 10.5 Å². The van der Waals surface area contributed by atoms with Crippen LogP contribution in [0.25, 0.3) is 11.8 Å². The number of nitro groups is 1. The molecule has 2 aromatic carbocycles. The summed E-state index contributed by atoms with van der Waals surface area (Å²) >= 11 is 0. The Kier molecular flexibility index (Phi) is 3.72. The van der Waals surface area contributed by atoms with Gasteiger partial charge in [0.1, 0.15) is 11.6 Å². The van der Waals surface area contributed by atoms with Gasteiger partial charge in [-0.05, 0) is 42.0 Å². The monoisotopic (exact) mass is 311 g/mol. The molecule has 23 heavy (non-hydrogen) atoms. The highest BCUT2D eigenvalue weighted by Crippen LogP contribution is 2.28. The Bertz CT molecular complexity index is 853. The van der Waals surface area contributed by atoms with Crippen molar-refractivity contribution in [3.8, 4) is 0 Å². The number of hydrogen-bond acceptors (Lipinski definition) is 4. The van der Waals surface area contributed by atoms with Crippen LogP contribution in [0.2, 0.25) is 0 Å². The summed E-state index contributed by atoms with van der Waals surface area (Å²) in [5.41, 5.74) is 1.29. The van der Waals surface area contributed by atoms with E-state index in [0.29, 0.717) is 16.9 Å². The van der Waals surface area contributed by atoms with Crippen LogP contribution < -0.4 is 0 Å². The number of cyclic esters (lactones) is 1. The lowest BCUT2D eigenvalue weighted by Gasteiger charge is -2.00. The van der Waals surface area contributed by atoms with Crippen LogP contribution in [-0.2, 0) is 9.53 Å². The third kappa shape index (κ3) is 3.16. The summed E-state index contributed by atoms with van der Waals surface area (Å²) in [7, 11) is 0. The molecule has 2 aromatic rings. The first-order valence-corrected chi connectivity index (χ1v) is 6.69. The van der Waals surface area contributed by atoms with Crippen LogP contribution in [0.5, 0.6) is 0 Å². The Morgan fingerprint density at radius 1 is 1.13 bits per heavy atom. The van der Waals surface area contributed by atoms with Gasteiger partial charge in [0.2, 0.25) is 0 Å². The smallest absolute Gasteiger partial charge is 0.343 e. The van der Waals surface area contributed by atoms with Gasteiger partial charge in [0, 0.05) is 17.7 Å². The number of nitro benzene ring substituents is 1. The number of hydrogen-bond donors (Lipinski definition) is 0. The zero-order valence-electron chi connectivity index (χ0n) is 11.7.